The van der Waals surface area contributed by atoms with Crippen LogP contribution < -0.4 is 15.4 Å². The van der Waals surface area contributed by atoms with Crippen LogP contribution in [0.15, 0.2) is 35.4 Å². The number of hydrogen-bond donors (Lipinski definition) is 2. The molecule has 39 heavy (non-hydrogen) atoms. The largest absolute Gasteiger partial charge is 0.416 e. The molecule has 5 rings (SSSR count). The van der Waals surface area contributed by atoms with Gasteiger partial charge in [0, 0.05) is 31.7 Å². The van der Waals surface area contributed by atoms with E-state index in [1.54, 1.807) is 13.1 Å². The topological polar surface area (TPSA) is 62.3 Å². The fraction of sp³-hybridized carbons (Fsp3) is 0.520. The Hall–Kier alpha value is -3.13. The maximum Gasteiger partial charge on any atom is 0.416 e. The predicted molar refractivity (Wildman–Crippen MR) is 128 cm³/mol. The van der Waals surface area contributed by atoms with Crippen LogP contribution in [-0.4, -0.2) is 36.0 Å². The zero-order valence-electron chi connectivity index (χ0n) is 21.1. The van der Waals surface area contributed by atoms with Crippen LogP contribution in [-0.2, 0) is 25.4 Å². The van der Waals surface area contributed by atoms with Crippen LogP contribution in [0.4, 0.5) is 36.6 Å². The number of aromatic nitrogens is 1. The van der Waals surface area contributed by atoms with Crippen LogP contribution >= 0.6 is 0 Å². The normalized spacial score (nSPS) is 19.6. The highest BCUT2D eigenvalue weighted by Crippen LogP contribution is 2.38. The van der Waals surface area contributed by atoms with E-state index in [1.807, 2.05) is 0 Å². The van der Waals surface area contributed by atoms with Crippen LogP contribution in [0.2, 0.25) is 0 Å². The highest BCUT2D eigenvalue weighted by molar-refractivity contribution is 5.81. The molecule has 2 aliphatic carbocycles. The number of alkyl halides is 6. The van der Waals surface area contributed by atoms with Gasteiger partial charge >= 0.3 is 12.4 Å². The molecule has 1 aliphatic heterocycles. The molecular formula is C25H28F7N7. The summed E-state index contributed by atoms with van der Waals surface area (Å²) < 4.78 is 95.3. The van der Waals surface area contributed by atoms with E-state index in [0.29, 0.717) is 53.6 Å². The Labute approximate surface area is 220 Å². The van der Waals surface area contributed by atoms with Gasteiger partial charge in [-0.3, -0.25) is 5.12 Å². The first-order chi connectivity index (χ1) is 18.3. The third-order valence-corrected chi connectivity index (χ3v) is 6.84. The molecule has 1 aromatic carbocycles. The van der Waals surface area contributed by atoms with Crippen LogP contribution in [0, 0.1) is 17.8 Å². The molecule has 0 bridgehead atoms. The van der Waals surface area contributed by atoms with E-state index in [0.717, 1.165) is 25.7 Å². The van der Waals surface area contributed by atoms with Crippen molar-refractivity contribution in [1.82, 2.24) is 15.3 Å². The van der Waals surface area contributed by atoms with Gasteiger partial charge in [0.1, 0.15) is 5.82 Å². The van der Waals surface area contributed by atoms with Crippen molar-refractivity contribution in [3.63, 3.8) is 0 Å². The van der Waals surface area contributed by atoms with Crippen molar-refractivity contribution in [2.75, 3.05) is 25.0 Å². The van der Waals surface area contributed by atoms with Crippen molar-refractivity contribution >= 4 is 11.8 Å². The molecule has 1 atom stereocenters. The van der Waals surface area contributed by atoms with E-state index in [1.165, 1.54) is 11.0 Å². The lowest BCUT2D eigenvalue weighted by Gasteiger charge is -2.30. The lowest BCUT2D eigenvalue weighted by molar-refractivity contribution is -0.845. The summed E-state index contributed by atoms with van der Waals surface area (Å²) in [5.74, 6) is 0.890. The summed E-state index contributed by atoms with van der Waals surface area (Å²) in [7, 11) is 1.60. The van der Waals surface area contributed by atoms with Gasteiger partial charge < -0.3 is 20.8 Å². The molecule has 14 heteroatoms. The summed E-state index contributed by atoms with van der Waals surface area (Å²) >= 11 is 0. The van der Waals surface area contributed by atoms with Crippen LogP contribution in [0.3, 0.4) is 0 Å². The average molecular weight is 560 g/mol. The van der Waals surface area contributed by atoms with Crippen molar-refractivity contribution in [3.05, 3.63) is 64.1 Å². The van der Waals surface area contributed by atoms with Gasteiger partial charge in [-0.05, 0) is 73.4 Å². The van der Waals surface area contributed by atoms with Crippen molar-refractivity contribution < 1.29 is 35.9 Å². The molecule has 212 valence electrons. The Morgan fingerprint density at radius 1 is 0.897 bits per heavy atom. The number of benzene rings is 1. The van der Waals surface area contributed by atoms with E-state index in [9.17, 15) is 30.7 Å². The molecule has 2 aromatic rings. The second-order valence-electron chi connectivity index (χ2n) is 10.4. The highest BCUT2D eigenvalue weighted by atomic mass is 19.4. The summed E-state index contributed by atoms with van der Waals surface area (Å²) in [5, 5.41) is 4.61. The Kier molecular flexibility index (Phi) is 7.35. The maximum atomic E-state index is 14.3. The number of nitrogens with zero attached hydrogens (tertiary/aromatic N) is 5. The monoisotopic (exact) mass is 559 g/mol. The minimum absolute atomic E-state index is 0.000671. The van der Waals surface area contributed by atoms with Crippen LogP contribution in [0.1, 0.15) is 47.9 Å². The Bertz CT molecular complexity index is 1180. The number of halogens is 7. The summed E-state index contributed by atoms with van der Waals surface area (Å²) in [5.41, 5.74) is 4.24. The van der Waals surface area contributed by atoms with Crippen molar-refractivity contribution in [2.24, 2.45) is 16.9 Å². The molecule has 2 fully saturated rings. The number of pyridine rings is 1. The molecule has 2 N–H and O–H groups in total. The second-order valence-corrected chi connectivity index (χ2v) is 10.4. The first-order valence-corrected chi connectivity index (χ1v) is 12.7. The quantitative estimate of drug-likeness (QED) is 0.352. The summed E-state index contributed by atoms with van der Waals surface area (Å²) in [4.78, 5) is 7.72. The van der Waals surface area contributed by atoms with E-state index in [4.69, 9.17) is 0 Å². The van der Waals surface area contributed by atoms with Crippen molar-refractivity contribution in [3.8, 4) is 0 Å². The smallest absolute Gasteiger partial charge is 0.403 e. The number of anilines is 1. The zero-order valence-corrected chi connectivity index (χ0v) is 21.1. The molecule has 2 saturated carbocycles. The lowest BCUT2D eigenvalue weighted by atomic mass is 10.0. The minimum atomic E-state index is -4.97. The van der Waals surface area contributed by atoms with Crippen LogP contribution in [0.25, 0.3) is 5.53 Å². The van der Waals surface area contributed by atoms with Crippen molar-refractivity contribution in [1.29, 1.82) is 0 Å². The predicted octanol–water partition coefficient (Wildman–Crippen LogP) is 4.48. The standard InChI is InChI=1S/C25H28F7N7/c1-37-35-23(34-36-37)39(13-17-8-19(24(27,28)29)10-20(9-17)25(30,31)32)14-18-6-7-21(26)33-22(18)38(11-15-2-3-15)12-16-4-5-16/h6-10,15-16,37H,2-5,11-14H2,1H3,(H,34,35). The minimum Gasteiger partial charge on any atom is -0.403 e. The molecule has 0 spiro atoms. The molecule has 1 unspecified atom stereocenters. The molecule has 0 amide bonds. The van der Waals surface area contributed by atoms with Gasteiger partial charge in [-0.1, -0.05) is 5.10 Å². The van der Waals surface area contributed by atoms with E-state index >= 15 is 0 Å². The van der Waals surface area contributed by atoms with Gasteiger partial charge in [-0.15, -0.1) is 0 Å². The third-order valence-electron chi connectivity index (χ3n) is 6.84. The first-order valence-electron chi connectivity index (χ1n) is 12.7. The molecule has 0 saturated heterocycles. The third kappa shape index (κ3) is 7.10. The summed E-state index contributed by atoms with van der Waals surface area (Å²) in [6.45, 7) is 1.08. The van der Waals surface area contributed by atoms with E-state index in [-0.39, 0.29) is 30.7 Å². The van der Waals surface area contributed by atoms with Crippen LogP contribution in [0.5, 0.6) is 0 Å². The fourth-order valence-corrected chi connectivity index (χ4v) is 4.54. The number of quaternary nitrogens is 1. The Balaban J connectivity index is 1.49. The Morgan fingerprint density at radius 3 is 1.97 bits per heavy atom. The summed E-state index contributed by atoms with van der Waals surface area (Å²) in [6.07, 6.45) is -5.63. The van der Waals surface area contributed by atoms with Gasteiger partial charge in [0.2, 0.25) is 11.9 Å². The van der Waals surface area contributed by atoms with Gasteiger partial charge in [0.05, 0.1) is 18.2 Å². The molecule has 7 nitrogen and oxygen atoms in total. The SMILES string of the molecule is C[NH+]1N=C(N(Cc2cc(C(F)(F)F)cc(C(F)(F)F)c2)Cc2ccc(F)nc2N(CC2CC2)CC2CC2)N[N-]1. The highest BCUT2D eigenvalue weighted by Gasteiger charge is 2.37. The molecule has 2 heterocycles. The van der Waals surface area contributed by atoms with E-state index in [2.05, 4.69) is 25.9 Å². The number of hydrogen-bond acceptors (Lipinski definition) is 5. The Morgan fingerprint density at radius 2 is 1.49 bits per heavy atom. The first kappa shape index (κ1) is 27.4. The molecular weight excluding hydrogens is 531 g/mol. The van der Waals surface area contributed by atoms with Gasteiger partial charge in [0.25, 0.3) is 0 Å². The zero-order chi connectivity index (χ0) is 27.9. The van der Waals surface area contributed by atoms with Gasteiger partial charge in [-0.2, -0.15) is 30.7 Å². The summed E-state index contributed by atoms with van der Waals surface area (Å²) in [6, 6.07) is 4.24. The fourth-order valence-electron chi connectivity index (χ4n) is 4.54. The number of nitrogens with one attached hydrogen (secondary N) is 2. The van der Waals surface area contributed by atoms with Gasteiger partial charge in [-0.25, -0.2) is 4.98 Å². The number of guanidine groups is 1. The molecule has 0 radical (unpaired) electrons. The second kappa shape index (κ2) is 10.5. The maximum absolute atomic E-state index is 14.3. The molecule has 1 aromatic heterocycles. The van der Waals surface area contributed by atoms with Crippen molar-refractivity contribution in [2.45, 2.75) is 51.1 Å². The molecule has 3 aliphatic rings. The number of rotatable bonds is 9. The van der Waals surface area contributed by atoms with E-state index < -0.39 is 29.4 Å². The average Bonchev–Trinajstić information content (AvgIpc) is 3.79. The lowest BCUT2D eigenvalue weighted by Crippen LogP contribution is -2.98. The van der Waals surface area contributed by atoms with Gasteiger partial charge in [0.15, 0.2) is 0 Å².